The van der Waals surface area contributed by atoms with Gasteiger partial charge in [-0.15, -0.1) is 0 Å². The second-order valence-electron chi connectivity index (χ2n) is 7.46. The zero-order valence-corrected chi connectivity index (χ0v) is 14.7. The van der Waals surface area contributed by atoms with Gasteiger partial charge in [-0.1, -0.05) is 13.8 Å². The third kappa shape index (κ3) is 5.83. The van der Waals surface area contributed by atoms with E-state index in [1.807, 2.05) is 13.8 Å². The van der Waals surface area contributed by atoms with E-state index in [1.165, 1.54) is 0 Å². The first kappa shape index (κ1) is 18.7. The molecule has 0 aromatic heterocycles. The molecule has 0 spiro atoms. The highest BCUT2D eigenvalue weighted by molar-refractivity contribution is 5.89. The zero-order chi connectivity index (χ0) is 17.0. The van der Waals surface area contributed by atoms with Gasteiger partial charge in [0.05, 0.1) is 13.2 Å². The Morgan fingerprint density at radius 3 is 2.18 bits per heavy atom. The molecule has 0 bridgehead atoms. The first-order valence-corrected chi connectivity index (χ1v) is 7.92. The van der Waals surface area contributed by atoms with E-state index >= 15 is 0 Å². The summed E-state index contributed by atoms with van der Waals surface area (Å²) in [5.41, 5.74) is -1.56. The molecule has 1 aliphatic heterocycles. The average molecular weight is 314 g/mol. The summed E-state index contributed by atoms with van der Waals surface area (Å²) in [7, 11) is 0. The van der Waals surface area contributed by atoms with Crippen LogP contribution >= 0.6 is 0 Å². The van der Waals surface area contributed by atoms with Gasteiger partial charge in [-0.2, -0.15) is 0 Å². The van der Waals surface area contributed by atoms with Crippen molar-refractivity contribution < 1.29 is 19.1 Å². The van der Waals surface area contributed by atoms with Crippen molar-refractivity contribution in [3.8, 4) is 0 Å². The number of alkyl carbamates (subject to hydrolysis) is 1. The van der Waals surface area contributed by atoms with Gasteiger partial charge < -0.3 is 19.7 Å². The lowest BCUT2D eigenvalue weighted by Crippen LogP contribution is -2.60. The Morgan fingerprint density at radius 1 is 1.18 bits per heavy atom. The Kier molecular flexibility index (Phi) is 6.23. The fraction of sp³-hybridized carbons (Fsp3) is 0.875. The Hall–Kier alpha value is -1.30. The van der Waals surface area contributed by atoms with Gasteiger partial charge in [-0.05, 0) is 40.0 Å². The molecule has 1 saturated heterocycles. The second kappa shape index (κ2) is 7.31. The van der Waals surface area contributed by atoms with Gasteiger partial charge in [0.1, 0.15) is 11.1 Å². The molecule has 0 aliphatic carbocycles. The molecule has 128 valence electrons. The van der Waals surface area contributed by atoms with Crippen LogP contribution < -0.4 is 5.32 Å². The Balaban J connectivity index is 2.83. The highest BCUT2D eigenvalue weighted by Gasteiger charge is 2.40. The van der Waals surface area contributed by atoms with Gasteiger partial charge in [0.15, 0.2) is 0 Å². The normalized spacial score (nSPS) is 18.8. The molecule has 0 saturated carbocycles. The minimum Gasteiger partial charge on any atom is -0.444 e. The Labute approximate surface area is 133 Å². The quantitative estimate of drug-likeness (QED) is 0.863. The zero-order valence-electron chi connectivity index (χ0n) is 14.7. The predicted octanol–water partition coefficient (Wildman–Crippen LogP) is 2.17. The van der Waals surface area contributed by atoms with E-state index < -0.39 is 17.2 Å². The smallest absolute Gasteiger partial charge is 0.408 e. The number of nitrogens with one attached hydrogen (secondary N) is 1. The van der Waals surface area contributed by atoms with Crippen LogP contribution in [0.4, 0.5) is 4.79 Å². The molecule has 1 atom stereocenters. The highest BCUT2D eigenvalue weighted by atomic mass is 16.6. The summed E-state index contributed by atoms with van der Waals surface area (Å²) in [4.78, 5) is 26.7. The molecule has 6 nitrogen and oxygen atoms in total. The Bertz CT molecular complexity index is 397. The van der Waals surface area contributed by atoms with Crippen LogP contribution in [0.5, 0.6) is 0 Å². The monoisotopic (exact) mass is 314 g/mol. The number of hydrogen-bond acceptors (Lipinski definition) is 4. The molecular weight excluding hydrogens is 284 g/mol. The molecule has 2 amide bonds. The number of nitrogens with zero attached hydrogens (tertiary/aromatic N) is 1. The molecule has 1 rings (SSSR count). The van der Waals surface area contributed by atoms with Crippen LogP contribution in [-0.2, 0) is 14.3 Å². The number of hydrogen-bond donors (Lipinski definition) is 1. The summed E-state index contributed by atoms with van der Waals surface area (Å²) >= 11 is 0. The first-order valence-electron chi connectivity index (χ1n) is 7.92. The maximum absolute atomic E-state index is 12.9. The van der Waals surface area contributed by atoms with Crippen LogP contribution in [0, 0.1) is 5.92 Å². The van der Waals surface area contributed by atoms with Gasteiger partial charge in [-0.3, -0.25) is 4.79 Å². The maximum Gasteiger partial charge on any atom is 0.408 e. The van der Waals surface area contributed by atoms with E-state index in [2.05, 4.69) is 5.32 Å². The van der Waals surface area contributed by atoms with Crippen molar-refractivity contribution in [3.05, 3.63) is 0 Å². The molecule has 0 radical (unpaired) electrons. The van der Waals surface area contributed by atoms with Crippen molar-refractivity contribution in [2.45, 2.75) is 59.1 Å². The average Bonchev–Trinajstić information content (AvgIpc) is 2.35. The first-order chi connectivity index (χ1) is 10.0. The fourth-order valence-electron chi connectivity index (χ4n) is 2.65. The van der Waals surface area contributed by atoms with Crippen molar-refractivity contribution in [3.63, 3.8) is 0 Å². The molecule has 1 fully saturated rings. The third-order valence-corrected chi connectivity index (χ3v) is 3.36. The SMILES string of the molecule is CC(C)C[C@](C)(NC(=O)OC(C)(C)C)C(=O)N1CCOCC1. The van der Waals surface area contributed by atoms with Crippen LogP contribution in [0.2, 0.25) is 0 Å². The number of rotatable bonds is 4. The van der Waals surface area contributed by atoms with Gasteiger partial charge in [0.2, 0.25) is 5.91 Å². The third-order valence-electron chi connectivity index (χ3n) is 3.36. The molecule has 0 aromatic carbocycles. The molecule has 1 aliphatic rings. The van der Waals surface area contributed by atoms with E-state index in [0.717, 1.165) is 0 Å². The molecule has 1 N–H and O–H groups in total. The summed E-state index contributed by atoms with van der Waals surface area (Å²) in [5.74, 6) is 0.195. The predicted molar refractivity (Wildman–Crippen MR) is 84.6 cm³/mol. The van der Waals surface area contributed by atoms with Crippen molar-refractivity contribution in [1.82, 2.24) is 10.2 Å². The molecule has 1 heterocycles. The van der Waals surface area contributed by atoms with E-state index in [9.17, 15) is 9.59 Å². The Morgan fingerprint density at radius 2 is 1.73 bits per heavy atom. The summed E-state index contributed by atoms with van der Waals surface area (Å²) in [6.45, 7) is 13.4. The van der Waals surface area contributed by atoms with Gasteiger partial charge in [-0.25, -0.2) is 4.79 Å². The van der Waals surface area contributed by atoms with E-state index in [4.69, 9.17) is 9.47 Å². The largest absolute Gasteiger partial charge is 0.444 e. The number of amides is 2. The topological polar surface area (TPSA) is 67.9 Å². The summed E-state index contributed by atoms with van der Waals surface area (Å²) in [5, 5.41) is 2.79. The van der Waals surface area contributed by atoms with Gasteiger partial charge >= 0.3 is 6.09 Å². The van der Waals surface area contributed by atoms with E-state index in [0.29, 0.717) is 32.7 Å². The molecular formula is C16H30N2O4. The highest BCUT2D eigenvalue weighted by Crippen LogP contribution is 2.21. The minimum atomic E-state index is -0.964. The number of carbonyl (C=O) groups excluding carboxylic acids is 2. The van der Waals surface area contributed by atoms with Crippen molar-refractivity contribution in [2.24, 2.45) is 5.92 Å². The lowest BCUT2D eigenvalue weighted by atomic mass is 9.89. The number of carbonyl (C=O) groups is 2. The summed E-state index contributed by atoms with van der Waals surface area (Å²) in [6.07, 6.45) is -0.000124. The van der Waals surface area contributed by atoms with Crippen LogP contribution in [0.25, 0.3) is 0 Å². The van der Waals surface area contributed by atoms with Crippen molar-refractivity contribution >= 4 is 12.0 Å². The van der Waals surface area contributed by atoms with Crippen LogP contribution in [-0.4, -0.2) is 54.3 Å². The van der Waals surface area contributed by atoms with Crippen LogP contribution in [0.15, 0.2) is 0 Å². The summed E-state index contributed by atoms with van der Waals surface area (Å²) < 4.78 is 10.6. The summed E-state index contributed by atoms with van der Waals surface area (Å²) in [6, 6.07) is 0. The molecule has 6 heteroatoms. The molecule has 22 heavy (non-hydrogen) atoms. The lowest BCUT2D eigenvalue weighted by Gasteiger charge is -2.38. The van der Waals surface area contributed by atoms with E-state index in [1.54, 1.807) is 32.6 Å². The van der Waals surface area contributed by atoms with Crippen molar-refractivity contribution in [2.75, 3.05) is 26.3 Å². The van der Waals surface area contributed by atoms with Crippen molar-refractivity contribution in [1.29, 1.82) is 0 Å². The van der Waals surface area contributed by atoms with Crippen LogP contribution in [0.1, 0.15) is 48.0 Å². The minimum absolute atomic E-state index is 0.0737. The number of morpholine rings is 1. The second-order valence-corrected chi connectivity index (χ2v) is 7.46. The molecule has 0 aromatic rings. The van der Waals surface area contributed by atoms with Gasteiger partial charge in [0, 0.05) is 13.1 Å². The maximum atomic E-state index is 12.9. The lowest BCUT2D eigenvalue weighted by molar-refractivity contribution is -0.142. The molecule has 0 unspecified atom stereocenters. The fourth-order valence-corrected chi connectivity index (χ4v) is 2.65. The van der Waals surface area contributed by atoms with Gasteiger partial charge in [0.25, 0.3) is 0 Å². The van der Waals surface area contributed by atoms with E-state index in [-0.39, 0.29) is 11.8 Å². The van der Waals surface area contributed by atoms with Crippen LogP contribution in [0.3, 0.4) is 0 Å². The standard InChI is InChI=1S/C16H30N2O4/c1-12(2)11-16(6,17-14(20)22-15(3,4)5)13(19)18-7-9-21-10-8-18/h12H,7-11H2,1-6H3,(H,17,20)/t16-/m0/s1. The number of ether oxygens (including phenoxy) is 2.